The quantitative estimate of drug-likeness (QED) is 0.119. The van der Waals surface area contributed by atoms with Gasteiger partial charge in [-0.15, -0.1) is 0 Å². The van der Waals surface area contributed by atoms with Gasteiger partial charge in [0.25, 0.3) is 5.91 Å². The molecule has 11 atom stereocenters. The Bertz CT molecular complexity index is 2990. The lowest BCUT2D eigenvalue weighted by Crippen LogP contribution is -2.63. The van der Waals surface area contributed by atoms with Crippen LogP contribution in [-0.4, -0.2) is 178 Å². The lowest BCUT2D eigenvalue weighted by molar-refractivity contribution is -0.177. The molecule has 4 N–H and O–H groups in total. The van der Waals surface area contributed by atoms with E-state index in [1.54, 1.807) is 103 Å². The molecule has 0 spiro atoms. The van der Waals surface area contributed by atoms with E-state index in [2.05, 4.69) is 16.0 Å². The van der Waals surface area contributed by atoms with Crippen LogP contribution in [0.3, 0.4) is 0 Å². The van der Waals surface area contributed by atoms with Gasteiger partial charge >= 0.3 is 12.1 Å². The number of fused-ring (bicyclic) bond motifs is 1. The Hall–Kier alpha value is -7.36. The van der Waals surface area contributed by atoms with Gasteiger partial charge in [0.1, 0.15) is 42.3 Å². The van der Waals surface area contributed by atoms with Crippen molar-refractivity contribution >= 4 is 53.2 Å². The zero-order valence-corrected chi connectivity index (χ0v) is 54.6. The number of hydrogen-bond acceptors (Lipinski definition) is 11. The third-order valence-electron chi connectivity index (χ3n) is 17.4. The topological polar surface area (TPSA) is 235 Å². The molecule has 2 aliphatic rings. The summed E-state index contributed by atoms with van der Waals surface area (Å²) >= 11 is 0. The Morgan fingerprint density at radius 1 is 0.584 bits per heavy atom. The number of carbonyl (C=O) groups excluding carboxylic acids is 9. The molecule has 2 fully saturated rings. The summed E-state index contributed by atoms with van der Waals surface area (Å²) in [5, 5.41) is 20.4. The summed E-state index contributed by atoms with van der Waals surface area (Å²) in [5.74, 6) is -9.72. The fourth-order valence-corrected chi connectivity index (χ4v) is 12.1. The molecule has 0 radical (unpaired) electrons. The highest BCUT2D eigenvalue weighted by molar-refractivity contribution is 5.99. The third-order valence-corrected chi connectivity index (χ3v) is 17.4. The number of cyclic esters (lactones) is 1. The van der Waals surface area contributed by atoms with Crippen LogP contribution in [0.1, 0.15) is 132 Å². The Morgan fingerprint density at radius 2 is 1.11 bits per heavy atom. The van der Waals surface area contributed by atoms with Gasteiger partial charge in [0.05, 0.1) is 11.2 Å². The SMILES string of the molecule is CC[C@H](C)[C@@H]1NC(=O)[C@@H]2CCCN2C(=O)[C@H](Cc2cccc(-c3cccc(C(F)(F)F)c3)c2)N(C)C(=O)[C@H](Cc2ccccc2)NC(=O)C(C(C)C)N(C)C(=O)[C@@H]([C@@H](C)CC)OC(=O)[C@H](C(C)(C)O)N(C)C(=O)[C@H](CC(C)C)NC(=O)C(C(C)C)N(C)C1=O. The van der Waals surface area contributed by atoms with Gasteiger partial charge in [-0.25, -0.2) is 4.79 Å². The number of carbonyl (C=O) groups is 9. The maximum absolute atomic E-state index is 15.7. The molecule has 3 aromatic rings. The van der Waals surface area contributed by atoms with Gasteiger partial charge in [-0.1, -0.05) is 142 Å². The molecule has 5 rings (SSSR count). The van der Waals surface area contributed by atoms with Crippen LogP contribution in [0.15, 0.2) is 78.9 Å². The predicted octanol–water partition coefficient (Wildman–Crippen LogP) is 7.06. The summed E-state index contributed by atoms with van der Waals surface area (Å²) < 4.78 is 48.1. The number of hydrogen-bond donors (Lipinski definition) is 4. The molecule has 490 valence electrons. The number of nitrogens with one attached hydrogen (secondary N) is 3. The zero-order chi connectivity index (χ0) is 66.7. The molecule has 0 aliphatic carbocycles. The normalized spacial score (nSPS) is 25.0. The van der Waals surface area contributed by atoms with E-state index < -0.39 is 149 Å². The lowest BCUT2D eigenvalue weighted by atomic mass is 9.93. The number of esters is 1. The first-order valence-electron chi connectivity index (χ1n) is 31.1. The van der Waals surface area contributed by atoms with Crippen LogP contribution in [0, 0.1) is 29.6 Å². The molecule has 0 saturated carbocycles. The molecule has 0 bridgehead atoms. The highest BCUT2D eigenvalue weighted by Crippen LogP contribution is 2.34. The first kappa shape index (κ1) is 72.4. The van der Waals surface area contributed by atoms with Crippen molar-refractivity contribution in [3.63, 3.8) is 0 Å². The third kappa shape index (κ3) is 18.0. The van der Waals surface area contributed by atoms with Crippen molar-refractivity contribution in [1.82, 2.24) is 40.4 Å². The van der Waals surface area contributed by atoms with Gasteiger partial charge in [-0.2, -0.15) is 13.2 Å². The Kier molecular flexibility index (Phi) is 25.1. The largest absolute Gasteiger partial charge is 0.450 e. The molecule has 2 unspecified atom stereocenters. The van der Waals surface area contributed by atoms with E-state index >= 15 is 24.0 Å². The standard InChI is InChI=1S/C67H95F3N8O11/c1-17-41(9)52-63(85)75(14)53(39(5)6)58(80)71-48(33-38(3)4)61(83)77(16)56(66(11,12)88)65(87)89-55(42(10)18-2)64(86)76(15)54(40(7)8)59(81)72-49(35-43-25-20-19-21-26-43)60(82)74(13)51(62(84)78-32-24-31-50(78)57(79)73-52)36-44-27-22-28-45(34-44)46-29-23-30-47(37-46)67(68,69)70/h19-23,25-30,34,37-42,48-56,88H,17-18,24,31-33,35-36H2,1-16H3,(H,71,80)(H,72,81)(H,73,79)/t41-,42-,48-,49-,50-,51-,52-,53?,54?,55+,56+/m0/s1. The van der Waals surface area contributed by atoms with E-state index in [9.17, 15) is 37.5 Å². The van der Waals surface area contributed by atoms with Crippen molar-refractivity contribution in [2.24, 2.45) is 29.6 Å². The smallest absolute Gasteiger partial charge is 0.416 e. The van der Waals surface area contributed by atoms with Gasteiger partial charge in [-0.3, -0.25) is 38.4 Å². The van der Waals surface area contributed by atoms with Crippen LogP contribution in [0.4, 0.5) is 13.2 Å². The molecule has 2 aliphatic heterocycles. The Labute approximate surface area is 523 Å². The summed E-state index contributed by atoms with van der Waals surface area (Å²) in [4.78, 5) is 142. The Morgan fingerprint density at radius 3 is 1.65 bits per heavy atom. The number of halogens is 3. The van der Waals surface area contributed by atoms with Crippen LogP contribution in [-0.2, 0) is 66.9 Å². The fourth-order valence-electron chi connectivity index (χ4n) is 12.1. The first-order chi connectivity index (χ1) is 41.5. The van der Waals surface area contributed by atoms with E-state index in [0.717, 1.165) is 21.9 Å². The van der Waals surface area contributed by atoms with Crippen molar-refractivity contribution < 1.29 is 66.2 Å². The number of amides is 8. The number of ether oxygens (including phenoxy) is 1. The van der Waals surface area contributed by atoms with Crippen LogP contribution < -0.4 is 16.0 Å². The van der Waals surface area contributed by atoms with Gasteiger partial charge in [-0.05, 0) is 97.6 Å². The summed E-state index contributed by atoms with van der Waals surface area (Å²) in [5.41, 5.74) is -1.23. The monoisotopic (exact) mass is 1240 g/mol. The zero-order valence-electron chi connectivity index (χ0n) is 54.6. The van der Waals surface area contributed by atoms with Crippen LogP contribution >= 0.6 is 0 Å². The average Bonchev–Trinajstić information content (AvgIpc) is 3.33. The minimum Gasteiger partial charge on any atom is -0.450 e. The Balaban J connectivity index is 1.74. The summed E-state index contributed by atoms with van der Waals surface area (Å²) in [6, 6.07) is 9.12. The maximum Gasteiger partial charge on any atom is 0.416 e. The minimum absolute atomic E-state index is 0.0469. The van der Waals surface area contributed by atoms with Gasteiger partial charge in [0.2, 0.25) is 41.4 Å². The molecule has 0 aromatic heterocycles. The number of aliphatic hydroxyl groups is 1. The first-order valence-corrected chi connectivity index (χ1v) is 31.1. The second kappa shape index (κ2) is 30.9. The van der Waals surface area contributed by atoms with Gasteiger partial charge in [0.15, 0.2) is 12.1 Å². The van der Waals surface area contributed by atoms with Crippen molar-refractivity contribution in [2.75, 3.05) is 34.7 Å². The molecular formula is C67H95F3N8O11. The van der Waals surface area contributed by atoms with Crippen molar-refractivity contribution in [3.8, 4) is 11.1 Å². The highest BCUT2D eigenvalue weighted by Gasteiger charge is 2.48. The van der Waals surface area contributed by atoms with Crippen molar-refractivity contribution in [1.29, 1.82) is 0 Å². The molecular weight excluding hydrogens is 1150 g/mol. The number of benzene rings is 3. The van der Waals surface area contributed by atoms with E-state index in [1.165, 1.54) is 68.9 Å². The molecule has 19 nitrogen and oxygen atoms in total. The van der Waals surface area contributed by atoms with Crippen LogP contribution in [0.2, 0.25) is 0 Å². The summed E-state index contributed by atoms with van der Waals surface area (Å²) in [7, 11) is 5.45. The maximum atomic E-state index is 15.7. The highest BCUT2D eigenvalue weighted by atomic mass is 19.4. The van der Waals surface area contributed by atoms with Gasteiger partial charge in [0, 0.05) is 53.5 Å². The predicted molar refractivity (Wildman–Crippen MR) is 332 cm³/mol. The summed E-state index contributed by atoms with van der Waals surface area (Å²) in [6.07, 6.45) is -5.37. The van der Waals surface area contributed by atoms with Crippen LogP contribution in [0.5, 0.6) is 0 Å². The van der Waals surface area contributed by atoms with E-state index in [1.807, 2.05) is 20.8 Å². The molecule has 2 heterocycles. The molecule has 8 amide bonds. The number of likely N-dealkylation sites (N-methyl/N-ethyl adjacent to an activating group) is 4. The molecule has 2 saturated heterocycles. The number of nitrogens with zero attached hydrogens (tertiary/aromatic N) is 5. The molecule has 89 heavy (non-hydrogen) atoms. The van der Waals surface area contributed by atoms with E-state index in [4.69, 9.17) is 4.74 Å². The van der Waals surface area contributed by atoms with Crippen LogP contribution in [0.25, 0.3) is 11.1 Å². The lowest BCUT2D eigenvalue weighted by Gasteiger charge is -2.39. The number of alkyl halides is 3. The second-order valence-electron chi connectivity index (χ2n) is 26.0. The van der Waals surface area contributed by atoms with E-state index in [-0.39, 0.29) is 50.1 Å². The second-order valence-corrected chi connectivity index (χ2v) is 26.0. The average molecular weight is 1250 g/mol. The minimum atomic E-state index is -4.64. The van der Waals surface area contributed by atoms with Gasteiger partial charge < -0.3 is 50.3 Å². The van der Waals surface area contributed by atoms with E-state index in [0.29, 0.717) is 29.5 Å². The number of rotatable bonds is 14. The molecule has 3 aromatic carbocycles. The molecule has 22 heteroatoms. The van der Waals surface area contributed by atoms with Crippen molar-refractivity contribution in [2.45, 2.75) is 194 Å². The summed E-state index contributed by atoms with van der Waals surface area (Å²) in [6.45, 7) is 20.1. The van der Waals surface area contributed by atoms with Crippen molar-refractivity contribution in [3.05, 3.63) is 95.6 Å². The fraction of sp³-hybridized carbons (Fsp3) is 0.597.